The molecule has 1 heteroatoms. The molecule has 0 aliphatic carbocycles. The Bertz CT molecular complexity index is 510. The van der Waals surface area contributed by atoms with Crippen LogP contribution in [-0.2, 0) is 0 Å². The smallest absolute Gasteiger partial charge is 0.0445 e. The van der Waals surface area contributed by atoms with Gasteiger partial charge in [0.05, 0.1) is 0 Å². The molecule has 2 aromatic rings. The maximum Gasteiger partial charge on any atom is 0.0445 e. The van der Waals surface area contributed by atoms with Crippen molar-refractivity contribution in [3.63, 3.8) is 0 Å². The van der Waals surface area contributed by atoms with Crippen LogP contribution >= 0.6 is 0 Å². The lowest BCUT2D eigenvalue weighted by Gasteiger charge is -2.25. The Balaban J connectivity index is 2.43. The standard InChI is InChI=1S/C18H21N/c1-3-19(4-2)18(17-13-9-6-10-14-17)15-16-11-7-5-8-12-16/h5-15H,3-4H2,1-2H3/b18-15+. The Labute approximate surface area is 116 Å². The molecule has 0 aliphatic heterocycles. The Hall–Kier alpha value is -2.02. The van der Waals surface area contributed by atoms with E-state index in [-0.39, 0.29) is 0 Å². The first kappa shape index (κ1) is 13.4. The molecule has 0 fully saturated rings. The van der Waals surface area contributed by atoms with Gasteiger partial charge in [0.15, 0.2) is 0 Å². The van der Waals surface area contributed by atoms with Gasteiger partial charge in [-0.05, 0) is 31.1 Å². The second-order valence-corrected chi connectivity index (χ2v) is 4.48. The van der Waals surface area contributed by atoms with E-state index >= 15 is 0 Å². The van der Waals surface area contributed by atoms with Gasteiger partial charge in [-0.3, -0.25) is 0 Å². The number of benzene rings is 2. The summed E-state index contributed by atoms with van der Waals surface area (Å²) in [6.07, 6.45) is 2.27. The van der Waals surface area contributed by atoms with Crippen molar-refractivity contribution in [2.24, 2.45) is 0 Å². The number of nitrogens with zero attached hydrogens (tertiary/aromatic N) is 1. The van der Waals surface area contributed by atoms with E-state index in [0.717, 1.165) is 13.1 Å². The summed E-state index contributed by atoms with van der Waals surface area (Å²) in [4.78, 5) is 2.39. The van der Waals surface area contributed by atoms with Crippen molar-refractivity contribution in [2.75, 3.05) is 13.1 Å². The van der Waals surface area contributed by atoms with Gasteiger partial charge in [-0.1, -0.05) is 60.7 Å². The molecule has 0 amide bonds. The normalized spacial score (nSPS) is 11.4. The van der Waals surface area contributed by atoms with Gasteiger partial charge in [-0.2, -0.15) is 0 Å². The molecule has 98 valence electrons. The van der Waals surface area contributed by atoms with Gasteiger partial charge in [-0.25, -0.2) is 0 Å². The van der Waals surface area contributed by atoms with E-state index in [1.54, 1.807) is 0 Å². The highest BCUT2D eigenvalue weighted by atomic mass is 15.1. The van der Waals surface area contributed by atoms with E-state index < -0.39 is 0 Å². The van der Waals surface area contributed by atoms with Crippen molar-refractivity contribution in [3.05, 3.63) is 71.8 Å². The third-order valence-electron chi connectivity index (χ3n) is 3.28. The molecule has 0 saturated heterocycles. The zero-order valence-corrected chi connectivity index (χ0v) is 11.7. The molecule has 0 atom stereocenters. The fourth-order valence-corrected chi connectivity index (χ4v) is 2.24. The lowest BCUT2D eigenvalue weighted by atomic mass is 10.1. The summed E-state index contributed by atoms with van der Waals surface area (Å²) in [7, 11) is 0. The van der Waals surface area contributed by atoms with Crippen LogP contribution in [0.4, 0.5) is 0 Å². The van der Waals surface area contributed by atoms with Crippen LogP contribution < -0.4 is 0 Å². The van der Waals surface area contributed by atoms with E-state index in [4.69, 9.17) is 0 Å². The minimum absolute atomic E-state index is 1.02. The van der Waals surface area contributed by atoms with Gasteiger partial charge in [0.1, 0.15) is 0 Å². The Morgan fingerprint density at radius 3 is 1.89 bits per heavy atom. The summed E-state index contributed by atoms with van der Waals surface area (Å²) in [5, 5.41) is 0. The monoisotopic (exact) mass is 251 g/mol. The summed E-state index contributed by atoms with van der Waals surface area (Å²) in [6.45, 7) is 6.44. The van der Waals surface area contributed by atoms with E-state index in [9.17, 15) is 0 Å². The number of rotatable bonds is 5. The average Bonchev–Trinajstić information content (AvgIpc) is 2.49. The summed E-state index contributed by atoms with van der Waals surface area (Å²) in [6, 6.07) is 21.1. The van der Waals surface area contributed by atoms with Crippen molar-refractivity contribution in [1.82, 2.24) is 4.90 Å². The molecule has 0 unspecified atom stereocenters. The topological polar surface area (TPSA) is 3.24 Å². The maximum atomic E-state index is 2.39. The van der Waals surface area contributed by atoms with Crippen LogP contribution in [0.3, 0.4) is 0 Å². The van der Waals surface area contributed by atoms with Crippen molar-refractivity contribution < 1.29 is 0 Å². The summed E-state index contributed by atoms with van der Waals surface area (Å²) >= 11 is 0. The zero-order chi connectivity index (χ0) is 13.5. The SMILES string of the molecule is CCN(CC)/C(=C/c1ccccc1)c1ccccc1. The van der Waals surface area contributed by atoms with Crippen molar-refractivity contribution >= 4 is 11.8 Å². The molecule has 0 spiro atoms. The van der Waals surface area contributed by atoms with Crippen LogP contribution in [0.1, 0.15) is 25.0 Å². The molecule has 19 heavy (non-hydrogen) atoms. The highest BCUT2D eigenvalue weighted by Gasteiger charge is 2.07. The molecule has 0 saturated carbocycles. The van der Waals surface area contributed by atoms with Gasteiger partial charge in [0.25, 0.3) is 0 Å². The largest absolute Gasteiger partial charge is 0.372 e. The second kappa shape index (κ2) is 6.79. The molecule has 0 N–H and O–H groups in total. The molecule has 0 aliphatic rings. The van der Waals surface area contributed by atoms with Crippen LogP contribution in [-0.4, -0.2) is 18.0 Å². The van der Waals surface area contributed by atoms with Gasteiger partial charge in [0.2, 0.25) is 0 Å². The van der Waals surface area contributed by atoms with E-state index in [0.29, 0.717) is 0 Å². The van der Waals surface area contributed by atoms with Gasteiger partial charge in [-0.15, -0.1) is 0 Å². The lowest BCUT2D eigenvalue weighted by Crippen LogP contribution is -2.21. The third-order valence-corrected chi connectivity index (χ3v) is 3.28. The highest BCUT2D eigenvalue weighted by Crippen LogP contribution is 2.22. The molecule has 0 radical (unpaired) electrons. The summed E-state index contributed by atoms with van der Waals surface area (Å²) < 4.78 is 0. The van der Waals surface area contributed by atoms with Gasteiger partial charge >= 0.3 is 0 Å². The predicted molar refractivity (Wildman–Crippen MR) is 83.7 cm³/mol. The minimum atomic E-state index is 1.02. The molecule has 0 bridgehead atoms. The first-order valence-corrected chi connectivity index (χ1v) is 6.92. The number of hydrogen-bond acceptors (Lipinski definition) is 1. The maximum absolute atomic E-state index is 2.39. The Kier molecular flexibility index (Phi) is 4.79. The molecule has 0 heterocycles. The van der Waals surface area contributed by atoms with Gasteiger partial charge < -0.3 is 4.90 Å². The molecule has 1 nitrogen and oxygen atoms in total. The van der Waals surface area contributed by atoms with Crippen molar-refractivity contribution in [1.29, 1.82) is 0 Å². The molecule has 2 aromatic carbocycles. The molecular formula is C18H21N. The fraction of sp³-hybridized carbons (Fsp3) is 0.222. The molecule has 2 rings (SSSR count). The van der Waals surface area contributed by atoms with Crippen LogP contribution in [0, 0.1) is 0 Å². The first-order valence-electron chi connectivity index (χ1n) is 6.92. The second-order valence-electron chi connectivity index (χ2n) is 4.48. The molecule has 0 aromatic heterocycles. The van der Waals surface area contributed by atoms with Crippen LogP contribution in [0.15, 0.2) is 60.7 Å². The number of hydrogen-bond donors (Lipinski definition) is 0. The Morgan fingerprint density at radius 2 is 1.37 bits per heavy atom. The van der Waals surface area contributed by atoms with Crippen molar-refractivity contribution in [2.45, 2.75) is 13.8 Å². The third kappa shape index (κ3) is 3.47. The quantitative estimate of drug-likeness (QED) is 0.706. The minimum Gasteiger partial charge on any atom is -0.372 e. The van der Waals surface area contributed by atoms with Gasteiger partial charge in [0, 0.05) is 18.8 Å². The van der Waals surface area contributed by atoms with Crippen LogP contribution in [0.5, 0.6) is 0 Å². The Morgan fingerprint density at radius 1 is 0.842 bits per heavy atom. The average molecular weight is 251 g/mol. The predicted octanol–water partition coefficient (Wildman–Crippen LogP) is 4.53. The van der Waals surface area contributed by atoms with Crippen LogP contribution in [0.2, 0.25) is 0 Å². The highest BCUT2D eigenvalue weighted by molar-refractivity contribution is 5.80. The van der Waals surface area contributed by atoms with Crippen molar-refractivity contribution in [3.8, 4) is 0 Å². The fourth-order valence-electron chi connectivity index (χ4n) is 2.24. The summed E-state index contributed by atoms with van der Waals surface area (Å²) in [5.41, 5.74) is 3.81. The van der Waals surface area contributed by atoms with E-state index in [1.807, 2.05) is 0 Å². The van der Waals surface area contributed by atoms with E-state index in [1.165, 1.54) is 16.8 Å². The lowest BCUT2D eigenvalue weighted by molar-refractivity contribution is 0.444. The molecular weight excluding hydrogens is 230 g/mol. The van der Waals surface area contributed by atoms with E-state index in [2.05, 4.69) is 85.5 Å². The summed E-state index contributed by atoms with van der Waals surface area (Å²) in [5.74, 6) is 0. The van der Waals surface area contributed by atoms with Crippen LogP contribution in [0.25, 0.3) is 11.8 Å². The first-order chi connectivity index (χ1) is 9.35. The zero-order valence-electron chi connectivity index (χ0n) is 11.7.